The number of hydrogen-bond donors (Lipinski definition) is 2. The van der Waals surface area contributed by atoms with Crippen LogP contribution < -0.4 is 0 Å². The van der Waals surface area contributed by atoms with Crippen molar-refractivity contribution in [3.8, 4) is 0 Å². The summed E-state index contributed by atoms with van der Waals surface area (Å²) in [5.41, 5.74) is -0.303. The van der Waals surface area contributed by atoms with Crippen LogP contribution in [0.4, 0.5) is 0 Å². The second-order valence-corrected chi connectivity index (χ2v) is 2.93. The van der Waals surface area contributed by atoms with Gasteiger partial charge in [-0.1, -0.05) is 19.7 Å². The van der Waals surface area contributed by atoms with Crippen molar-refractivity contribution in [3.63, 3.8) is 0 Å². The van der Waals surface area contributed by atoms with E-state index in [4.69, 9.17) is 10.2 Å². The number of aliphatic carboxylic acids is 2. The summed E-state index contributed by atoms with van der Waals surface area (Å²) >= 11 is 0. The number of carboxylic acid groups (broad SMARTS) is 2. The molecule has 0 unspecified atom stereocenters. The molecule has 21 heavy (non-hydrogen) atoms. The Hall–Kier alpha value is -2.90. The molecule has 118 valence electrons. The molecule has 0 radical (unpaired) electrons. The van der Waals surface area contributed by atoms with Crippen LogP contribution in [0.15, 0.2) is 37.5 Å². The molecular weight excluding hydrogens is 284 g/mol. The molecule has 8 nitrogen and oxygen atoms in total. The third kappa shape index (κ3) is 22.7. The topological polar surface area (TPSA) is 127 Å². The van der Waals surface area contributed by atoms with E-state index in [1.807, 2.05) is 0 Å². The standard InChI is InChI=1S/C5H6O4.2C4H6O2/c1-3(5(8)9)2-4(6)7;2*1-3-4(5)6-2/h1-2H2,(H,6,7)(H,8,9);2*3H,1H2,2H3. The molecule has 0 aromatic carbocycles. The number of carbonyl (C=O) groups is 4. The summed E-state index contributed by atoms with van der Waals surface area (Å²) in [6.45, 7) is 9.33. The summed E-state index contributed by atoms with van der Waals surface area (Å²) in [5.74, 6) is -3.23. The Morgan fingerprint density at radius 3 is 1.33 bits per heavy atom. The van der Waals surface area contributed by atoms with Crippen LogP contribution in [0.5, 0.6) is 0 Å². The van der Waals surface area contributed by atoms with Crippen LogP contribution in [-0.2, 0) is 28.7 Å². The molecule has 0 heterocycles. The van der Waals surface area contributed by atoms with Crippen molar-refractivity contribution < 1.29 is 38.9 Å². The van der Waals surface area contributed by atoms with Crippen LogP contribution in [-0.4, -0.2) is 48.3 Å². The van der Waals surface area contributed by atoms with Gasteiger partial charge < -0.3 is 19.7 Å². The summed E-state index contributed by atoms with van der Waals surface area (Å²) in [5, 5.41) is 16.1. The van der Waals surface area contributed by atoms with Gasteiger partial charge in [0.25, 0.3) is 0 Å². The fourth-order valence-electron chi connectivity index (χ4n) is 0.425. The Morgan fingerprint density at radius 1 is 0.952 bits per heavy atom. The van der Waals surface area contributed by atoms with Crippen molar-refractivity contribution in [3.05, 3.63) is 37.5 Å². The van der Waals surface area contributed by atoms with E-state index < -0.39 is 30.3 Å². The average Bonchev–Trinajstić information content (AvgIpc) is 2.45. The lowest BCUT2D eigenvalue weighted by molar-refractivity contribution is -0.139. The van der Waals surface area contributed by atoms with Crippen LogP contribution in [0.25, 0.3) is 0 Å². The summed E-state index contributed by atoms with van der Waals surface area (Å²) in [6.07, 6.45) is 1.72. The minimum absolute atomic E-state index is 0.303. The molecule has 8 heteroatoms. The average molecular weight is 302 g/mol. The molecule has 0 aromatic heterocycles. The minimum atomic E-state index is -1.27. The molecule has 2 N–H and O–H groups in total. The summed E-state index contributed by atoms with van der Waals surface area (Å²) in [4.78, 5) is 39.3. The van der Waals surface area contributed by atoms with Gasteiger partial charge in [-0.05, 0) is 0 Å². The van der Waals surface area contributed by atoms with Crippen molar-refractivity contribution in [2.45, 2.75) is 6.42 Å². The molecule has 0 aliphatic rings. The van der Waals surface area contributed by atoms with Crippen LogP contribution in [0.1, 0.15) is 6.42 Å². The van der Waals surface area contributed by atoms with Gasteiger partial charge >= 0.3 is 23.9 Å². The van der Waals surface area contributed by atoms with Gasteiger partial charge in [0.05, 0.1) is 20.6 Å². The van der Waals surface area contributed by atoms with Gasteiger partial charge in [-0.3, -0.25) is 4.79 Å². The molecule has 0 saturated heterocycles. The third-order valence-electron chi connectivity index (χ3n) is 1.40. The molecular formula is C13H18O8. The Bertz CT molecular complexity index is 388. The fraction of sp³-hybridized carbons (Fsp3) is 0.231. The van der Waals surface area contributed by atoms with E-state index in [9.17, 15) is 19.2 Å². The van der Waals surface area contributed by atoms with Crippen LogP contribution in [0.3, 0.4) is 0 Å². The highest BCUT2D eigenvalue weighted by Crippen LogP contribution is 1.95. The summed E-state index contributed by atoms with van der Waals surface area (Å²) < 4.78 is 8.28. The Morgan fingerprint density at radius 2 is 1.29 bits per heavy atom. The maximum absolute atomic E-state index is 9.87. The van der Waals surface area contributed by atoms with Crippen molar-refractivity contribution >= 4 is 23.9 Å². The molecule has 0 rings (SSSR count). The summed E-state index contributed by atoms with van der Waals surface area (Å²) in [6, 6.07) is 0. The highest BCUT2D eigenvalue weighted by molar-refractivity contribution is 5.91. The van der Waals surface area contributed by atoms with Gasteiger partial charge in [0.1, 0.15) is 0 Å². The van der Waals surface area contributed by atoms with E-state index >= 15 is 0 Å². The first-order valence-corrected chi connectivity index (χ1v) is 5.19. The van der Waals surface area contributed by atoms with Gasteiger partial charge in [-0.2, -0.15) is 0 Å². The van der Waals surface area contributed by atoms with Gasteiger partial charge in [0.2, 0.25) is 0 Å². The first kappa shape index (κ1) is 23.2. The Labute approximate surface area is 122 Å². The molecule has 0 amide bonds. The zero-order chi connectivity index (χ0) is 17.4. The largest absolute Gasteiger partial charge is 0.481 e. The smallest absolute Gasteiger partial charge is 0.331 e. The number of rotatable bonds is 5. The summed E-state index contributed by atoms with van der Waals surface area (Å²) in [7, 11) is 2.62. The van der Waals surface area contributed by atoms with Gasteiger partial charge in [0.15, 0.2) is 0 Å². The molecule has 0 aliphatic carbocycles. The van der Waals surface area contributed by atoms with Gasteiger partial charge in [0, 0.05) is 17.7 Å². The zero-order valence-corrected chi connectivity index (χ0v) is 11.8. The Balaban J connectivity index is -0.000000240. The molecule has 0 spiro atoms. The quantitative estimate of drug-likeness (QED) is 0.563. The van der Waals surface area contributed by atoms with E-state index in [2.05, 4.69) is 29.2 Å². The maximum Gasteiger partial charge on any atom is 0.331 e. The normalized spacial score (nSPS) is 7.52. The third-order valence-corrected chi connectivity index (χ3v) is 1.40. The van der Waals surface area contributed by atoms with Crippen LogP contribution >= 0.6 is 0 Å². The molecule has 0 aromatic rings. The molecule has 0 saturated carbocycles. The monoisotopic (exact) mass is 302 g/mol. The number of ether oxygens (including phenoxy) is 2. The van der Waals surface area contributed by atoms with E-state index in [1.54, 1.807) is 0 Å². The fourth-order valence-corrected chi connectivity index (χ4v) is 0.425. The number of carboxylic acids is 2. The van der Waals surface area contributed by atoms with Crippen molar-refractivity contribution in [1.82, 2.24) is 0 Å². The second kappa shape index (κ2) is 15.2. The van der Waals surface area contributed by atoms with E-state index in [0.717, 1.165) is 12.2 Å². The first-order chi connectivity index (χ1) is 9.65. The predicted molar refractivity (Wildman–Crippen MR) is 73.5 cm³/mol. The highest BCUT2D eigenvalue weighted by atomic mass is 16.5. The molecule has 0 atom stereocenters. The Kier molecular flexibility index (Phi) is 16.8. The first-order valence-electron chi connectivity index (χ1n) is 5.19. The van der Waals surface area contributed by atoms with Crippen LogP contribution in [0.2, 0.25) is 0 Å². The molecule has 0 bridgehead atoms. The van der Waals surface area contributed by atoms with E-state index in [1.165, 1.54) is 14.2 Å². The van der Waals surface area contributed by atoms with Gasteiger partial charge in [-0.25, -0.2) is 14.4 Å². The number of hydrogen-bond acceptors (Lipinski definition) is 6. The number of esters is 2. The molecule has 0 aliphatic heterocycles. The lowest BCUT2D eigenvalue weighted by atomic mass is 10.2. The molecule has 0 fully saturated rings. The van der Waals surface area contributed by atoms with Crippen molar-refractivity contribution in [2.24, 2.45) is 0 Å². The lowest BCUT2D eigenvalue weighted by Crippen LogP contribution is -2.04. The maximum atomic E-state index is 9.87. The van der Waals surface area contributed by atoms with E-state index in [-0.39, 0.29) is 5.57 Å². The van der Waals surface area contributed by atoms with Gasteiger partial charge in [-0.15, -0.1) is 0 Å². The zero-order valence-electron chi connectivity index (χ0n) is 11.8. The highest BCUT2D eigenvalue weighted by Gasteiger charge is 2.07. The second-order valence-electron chi connectivity index (χ2n) is 2.93. The van der Waals surface area contributed by atoms with Crippen LogP contribution in [0, 0.1) is 0 Å². The predicted octanol–water partition coefficient (Wildman–Crippen LogP) is 0.793. The minimum Gasteiger partial charge on any atom is -0.481 e. The SMILES string of the molecule is C=C(CC(=O)O)C(=O)O.C=CC(=O)OC.C=CC(=O)OC. The lowest BCUT2D eigenvalue weighted by Gasteiger charge is -1.91. The number of methoxy groups -OCH3 is 2. The number of carbonyl (C=O) groups excluding carboxylic acids is 2. The van der Waals surface area contributed by atoms with Crippen molar-refractivity contribution in [1.29, 1.82) is 0 Å². The van der Waals surface area contributed by atoms with Crippen molar-refractivity contribution in [2.75, 3.05) is 14.2 Å². The van der Waals surface area contributed by atoms with E-state index in [0.29, 0.717) is 0 Å².